The van der Waals surface area contributed by atoms with Gasteiger partial charge in [-0.05, 0) is 29.8 Å². The van der Waals surface area contributed by atoms with Gasteiger partial charge in [0.05, 0.1) is 12.0 Å². The highest BCUT2D eigenvalue weighted by atomic mass is 19.1. The zero-order valence-corrected chi connectivity index (χ0v) is 10.8. The smallest absolute Gasteiger partial charge is 0.307 e. The van der Waals surface area contributed by atoms with E-state index in [2.05, 4.69) is 5.32 Å². The van der Waals surface area contributed by atoms with Gasteiger partial charge >= 0.3 is 5.97 Å². The highest BCUT2D eigenvalue weighted by Gasteiger charge is 2.14. The minimum absolute atomic E-state index is 0.222. The van der Waals surface area contributed by atoms with E-state index in [0.717, 1.165) is 18.2 Å². The molecule has 2 rings (SSSR count). The van der Waals surface area contributed by atoms with Crippen LogP contribution in [0.15, 0.2) is 42.5 Å². The minimum atomic E-state index is -1.04. The molecule has 0 bridgehead atoms. The van der Waals surface area contributed by atoms with Crippen molar-refractivity contribution in [3.8, 4) is 5.75 Å². The second-order valence-corrected chi connectivity index (χ2v) is 4.34. The standard InChI is InChI=1S/C15H12FNO4/c16-10-5-6-13(18)11(8-10)15(21)17-12-4-2-1-3-9(12)7-14(19)20/h1-6,8,18H,7H2,(H,17,21)(H,19,20). The van der Waals surface area contributed by atoms with Crippen LogP contribution in [0.4, 0.5) is 10.1 Å². The number of hydrogen-bond acceptors (Lipinski definition) is 3. The van der Waals surface area contributed by atoms with E-state index in [-0.39, 0.29) is 17.7 Å². The molecule has 21 heavy (non-hydrogen) atoms. The molecule has 108 valence electrons. The van der Waals surface area contributed by atoms with Gasteiger partial charge in [-0.3, -0.25) is 9.59 Å². The van der Waals surface area contributed by atoms with Gasteiger partial charge in [0.2, 0.25) is 0 Å². The number of carboxylic acids is 1. The van der Waals surface area contributed by atoms with Crippen LogP contribution in [0.25, 0.3) is 0 Å². The van der Waals surface area contributed by atoms with Crippen molar-refractivity contribution in [3.05, 3.63) is 59.4 Å². The Morgan fingerprint density at radius 1 is 1.14 bits per heavy atom. The number of benzene rings is 2. The predicted molar refractivity (Wildman–Crippen MR) is 73.8 cm³/mol. The molecule has 0 aliphatic heterocycles. The number of anilines is 1. The molecule has 3 N–H and O–H groups in total. The van der Waals surface area contributed by atoms with E-state index in [4.69, 9.17) is 5.11 Å². The Balaban J connectivity index is 2.27. The number of aliphatic carboxylic acids is 1. The number of carbonyl (C=O) groups excluding carboxylic acids is 1. The van der Waals surface area contributed by atoms with Crippen LogP contribution < -0.4 is 5.32 Å². The Bertz CT molecular complexity index is 700. The average molecular weight is 289 g/mol. The Kier molecular flexibility index (Phi) is 4.18. The maximum Gasteiger partial charge on any atom is 0.307 e. The number of rotatable bonds is 4. The molecule has 0 atom stereocenters. The Hall–Kier alpha value is -2.89. The average Bonchev–Trinajstić information content (AvgIpc) is 2.43. The summed E-state index contributed by atoms with van der Waals surface area (Å²) in [4.78, 5) is 22.8. The van der Waals surface area contributed by atoms with Crippen LogP contribution >= 0.6 is 0 Å². The fourth-order valence-electron chi connectivity index (χ4n) is 1.84. The molecule has 6 heteroatoms. The second-order valence-electron chi connectivity index (χ2n) is 4.34. The number of carboxylic acid groups (broad SMARTS) is 1. The lowest BCUT2D eigenvalue weighted by Gasteiger charge is -2.10. The Morgan fingerprint density at radius 3 is 2.57 bits per heavy atom. The van der Waals surface area contributed by atoms with Gasteiger partial charge < -0.3 is 15.5 Å². The minimum Gasteiger partial charge on any atom is -0.507 e. The first-order chi connectivity index (χ1) is 9.97. The molecule has 1 amide bonds. The van der Waals surface area contributed by atoms with Crippen LogP contribution in [0, 0.1) is 5.82 Å². The summed E-state index contributed by atoms with van der Waals surface area (Å²) in [7, 11) is 0. The molecule has 0 aliphatic carbocycles. The maximum atomic E-state index is 13.1. The highest BCUT2D eigenvalue weighted by Crippen LogP contribution is 2.21. The second kappa shape index (κ2) is 6.04. The fourth-order valence-corrected chi connectivity index (χ4v) is 1.84. The number of aromatic hydroxyl groups is 1. The van der Waals surface area contributed by atoms with Gasteiger partial charge in [-0.15, -0.1) is 0 Å². The first kappa shape index (κ1) is 14.5. The maximum absolute atomic E-state index is 13.1. The SMILES string of the molecule is O=C(O)Cc1ccccc1NC(=O)c1cc(F)ccc1O. The quantitative estimate of drug-likeness (QED) is 0.806. The van der Waals surface area contributed by atoms with Crippen LogP contribution in [-0.4, -0.2) is 22.1 Å². The van der Waals surface area contributed by atoms with Crippen molar-refractivity contribution in [1.29, 1.82) is 0 Å². The van der Waals surface area contributed by atoms with Crippen LogP contribution in [0.1, 0.15) is 15.9 Å². The first-order valence-corrected chi connectivity index (χ1v) is 6.07. The number of para-hydroxylation sites is 1. The predicted octanol–water partition coefficient (Wildman–Crippen LogP) is 2.41. The van der Waals surface area contributed by atoms with Crippen LogP contribution in [0.3, 0.4) is 0 Å². The topological polar surface area (TPSA) is 86.6 Å². The molecule has 0 fully saturated rings. The summed E-state index contributed by atoms with van der Waals surface area (Å²) in [5.41, 5.74) is 0.489. The molecule has 0 saturated heterocycles. The molecule has 0 heterocycles. The molecular formula is C15H12FNO4. The third-order valence-corrected chi connectivity index (χ3v) is 2.81. The number of halogens is 1. The summed E-state index contributed by atoms with van der Waals surface area (Å²) >= 11 is 0. The van der Waals surface area contributed by atoms with E-state index in [9.17, 15) is 19.1 Å². The van der Waals surface area contributed by atoms with Crippen molar-refractivity contribution in [2.45, 2.75) is 6.42 Å². The van der Waals surface area contributed by atoms with E-state index < -0.39 is 17.7 Å². The third-order valence-electron chi connectivity index (χ3n) is 2.81. The molecular weight excluding hydrogens is 277 g/mol. The first-order valence-electron chi connectivity index (χ1n) is 6.07. The van der Waals surface area contributed by atoms with Crippen molar-refractivity contribution in [3.63, 3.8) is 0 Å². The lowest BCUT2D eigenvalue weighted by Crippen LogP contribution is -2.14. The van der Waals surface area contributed by atoms with Gasteiger partial charge in [-0.2, -0.15) is 0 Å². The highest BCUT2D eigenvalue weighted by molar-refractivity contribution is 6.06. The summed E-state index contributed by atoms with van der Waals surface area (Å²) in [5, 5.41) is 20.9. The Labute approximate surface area is 119 Å². The summed E-state index contributed by atoms with van der Waals surface area (Å²) < 4.78 is 13.1. The van der Waals surface area contributed by atoms with Gasteiger partial charge in [0.1, 0.15) is 11.6 Å². The van der Waals surface area contributed by atoms with Crippen molar-refractivity contribution in [2.75, 3.05) is 5.32 Å². The van der Waals surface area contributed by atoms with E-state index in [0.29, 0.717) is 11.3 Å². The molecule has 0 saturated carbocycles. The molecule has 0 aromatic heterocycles. The van der Waals surface area contributed by atoms with Crippen LogP contribution in [0.2, 0.25) is 0 Å². The van der Waals surface area contributed by atoms with Crippen LogP contribution in [-0.2, 0) is 11.2 Å². The van der Waals surface area contributed by atoms with Gasteiger partial charge in [-0.1, -0.05) is 18.2 Å². The Morgan fingerprint density at radius 2 is 1.86 bits per heavy atom. The van der Waals surface area contributed by atoms with Crippen molar-refractivity contribution in [1.82, 2.24) is 0 Å². The molecule has 2 aromatic rings. The lowest BCUT2D eigenvalue weighted by atomic mass is 10.1. The number of hydrogen-bond donors (Lipinski definition) is 3. The van der Waals surface area contributed by atoms with Crippen molar-refractivity contribution < 1.29 is 24.2 Å². The van der Waals surface area contributed by atoms with Gasteiger partial charge in [0.15, 0.2) is 0 Å². The normalized spacial score (nSPS) is 10.1. The zero-order chi connectivity index (χ0) is 15.4. The van der Waals surface area contributed by atoms with E-state index in [1.807, 2.05) is 0 Å². The molecule has 2 aromatic carbocycles. The molecule has 0 spiro atoms. The van der Waals surface area contributed by atoms with Crippen LogP contribution in [0.5, 0.6) is 5.75 Å². The van der Waals surface area contributed by atoms with Gasteiger partial charge in [-0.25, -0.2) is 4.39 Å². The summed E-state index contributed by atoms with van der Waals surface area (Å²) in [5.74, 6) is -2.77. The lowest BCUT2D eigenvalue weighted by molar-refractivity contribution is -0.136. The number of carbonyl (C=O) groups is 2. The van der Waals surface area contributed by atoms with Crippen molar-refractivity contribution in [2.24, 2.45) is 0 Å². The molecule has 0 radical (unpaired) electrons. The van der Waals surface area contributed by atoms with Gasteiger partial charge in [0.25, 0.3) is 5.91 Å². The van der Waals surface area contributed by atoms with E-state index in [1.54, 1.807) is 18.2 Å². The van der Waals surface area contributed by atoms with E-state index in [1.165, 1.54) is 6.07 Å². The molecule has 0 unspecified atom stereocenters. The number of amides is 1. The van der Waals surface area contributed by atoms with E-state index >= 15 is 0 Å². The molecule has 5 nitrogen and oxygen atoms in total. The summed E-state index contributed by atoms with van der Waals surface area (Å²) in [6.45, 7) is 0. The number of phenols is 1. The summed E-state index contributed by atoms with van der Waals surface area (Å²) in [6.07, 6.45) is -0.258. The fraction of sp³-hybridized carbons (Fsp3) is 0.0667. The number of nitrogens with one attached hydrogen (secondary N) is 1. The number of phenolic OH excluding ortho intramolecular Hbond substituents is 1. The third kappa shape index (κ3) is 3.56. The van der Waals surface area contributed by atoms with Gasteiger partial charge in [0, 0.05) is 5.69 Å². The monoisotopic (exact) mass is 289 g/mol. The zero-order valence-electron chi connectivity index (χ0n) is 10.8. The largest absolute Gasteiger partial charge is 0.507 e. The molecule has 0 aliphatic rings. The summed E-state index contributed by atoms with van der Waals surface area (Å²) in [6, 6.07) is 9.39. The van der Waals surface area contributed by atoms with Crippen molar-refractivity contribution >= 4 is 17.6 Å².